The maximum absolute atomic E-state index is 12.4. The van der Waals surface area contributed by atoms with E-state index in [4.69, 9.17) is 5.11 Å². The van der Waals surface area contributed by atoms with Gasteiger partial charge in [0.1, 0.15) is 0 Å². The van der Waals surface area contributed by atoms with Gasteiger partial charge in [0.25, 0.3) is 0 Å². The summed E-state index contributed by atoms with van der Waals surface area (Å²) in [4.78, 5) is 9.94. The van der Waals surface area contributed by atoms with Crippen molar-refractivity contribution in [2.24, 2.45) is 0 Å². The summed E-state index contributed by atoms with van der Waals surface area (Å²) in [6.07, 6.45) is 2.32. The van der Waals surface area contributed by atoms with E-state index in [1.807, 2.05) is 0 Å². The summed E-state index contributed by atoms with van der Waals surface area (Å²) in [6, 6.07) is 0. The molecule has 0 rings (SSSR count). The van der Waals surface area contributed by atoms with Crippen LogP contribution in [0.15, 0.2) is 0 Å². The molecule has 0 aromatic carbocycles. The zero-order valence-electron chi connectivity index (χ0n) is 7.23. The molecule has 1 unspecified atom stereocenters. The molecule has 80 valence electrons. The predicted molar refractivity (Wildman–Crippen MR) is 47.0 cm³/mol. The van der Waals surface area contributed by atoms with E-state index < -0.39 is 18.3 Å². The Morgan fingerprint density at radius 2 is 1.85 bits per heavy atom. The van der Waals surface area contributed by atoms with E-state index >= 15 is 0 Å². The average Bonchev–Trinajstić information content (AvgIpc) is 1.98. The third-order valence-electron chi connectivity index (χ3n) is 1.55. The summed E-state index contributed by atoms with van der Waals surface area (Å²) in [7, 11) is 1.79. The summed E-state index contributed by atoms with van der Waals surface area (Å²) in [5, 5.41) is 8.05. The highest BCUT2D eigenvalue weighted by Gasteiger charge is 2.37. The quantitative estimate of drug-likeness (QED) is 0.494. The lowest BCUT2D eigenvalue weighted by Crippen LogP contribution is -3.00. The first-order valence-electron chi connectivity index (χ1n) is 3.91. The van der Waals surface area contributed by atoms with Crippen LogP contribution in [0.3, 0.4) is 0 Å². The molecule has 0 saturated carbocycles. The number of alkyl halides is 2. The molecule has 6 heteroatoms. The third-order valence-corrected chi connectivity index (χ3v) is 2.05. The first-order chi connectivity index (χ1) is 5.50. The minimum absolute atomic E-state index is 0. The van der Waals surface area contributed by atoms with Crippen molar-refractivity contribution in [3.63, 3.8) is 0 Å². The molecule has 2 nitrogen and oxygen atoms in total. The molecule has 0 aromatic heterocycles. The summed E-state index contributed by atoms with van der Waals surface area (Å²) in [5.74, 6) is -5.54. The topological polar surface area (TPSA) is 37.3 Å². The van der Waals surface area contributed by atoms with Crippen molar-refractivity contribution in [3.05, 3.63) is 0 Å². The second-order valence-corrected chi connectivity index (χ2v) is 3.38. The van der Waals surface area contributed by atoms with E-state index in [2.05, 4.69) is 0 Å². The lowest BCUT2D eigenvalue weighted by atomic mass is 10.1. The molecule has 0 aliphatic rings. The van der Waals surface area contributed by atoms with E-state index in [1.54, 1.807) is 9.24 Å². The smallest absolute Gasteiger partial charge is 0.374 e. The van der Waals surface area contributed by atoms with Crippen LogP contribution in [0.1, 0.15) is 25.7 Å². The van der Waals surface area contributed by atoms with Crippen molar-refractivity contribution >= 4 is 15.2 Å². The van der Waals surface area contributed by atoms with Crippen molar-refractivity contribution in [2.75, 3.05) is 6.16 Å². The SMILES string of the molecule is O=C(O)C(F)(F)CCCCC[PH3+].[Br-]. The molecule has 0 bridgehead atoms. The van der Waals surface area contributed by atoms with Crippen LogP contribution in [0, 0.1) is 0 Å². The highest BCUT2D eigenvalue weighted by atomic mass is 79.9. The molecule has 0 aliphatic carbocycles. The molecular weight excluding hydrogens is 265 g/mol. The molecule has 0 radical (unpaired) electrons. The van der Waals surface area contributed by atoms with Crippen LogP contribution in [0.4, 0.5) is 8.78 Å². The number of hydrogen-bond acceptors (Lipinski definition) is 1. The van der Waals surface area contributed by atoms with Crippen molar-refractivity contribution in [1.82, 2.24) is 0 Å². The molecule has 0 saturated heterocycles. The Labute approximate surface area is 89.1 Å². The van der Waals surface area contributed by atoms with Crippen molar-refractivity contribution in [1.29, 1.82) is 0 Å². The van der Waals surface area contributed by atoms with Gasteiger partial charge in [-0.3, -0.25) is 0 Å². The van der Waals surface area contributed by atoms with Gasteiger partial charge >= 0.3 is 11.9 Å². The van der Waals surface area contributed by atoms with E-state index in [-0.39, 0.29) is 23.4 Å². The highest BCUT2D eigenvalue weighted by Crippen LogP contribution is 2.21. The fraction of sp³-hybridized carbons (Fsp3) is 0.857. The van der Waals surface area contributed by atoms with Crippen molar-refractivity contribution < 1.29 is 35.7 Å². The van der Waals surface area contributed by atoms with Crippen LogP contribution in [0.5, 0.6) is 0 Å². The van der Waals surface area contributed by atoms with Gasteiger partial charge in [0, 0.05) is 6.42 Å². The molecule has 1 N–H and O–H groups in total. The van der Waals surface area contributed by atoms with Crippen LogP contribution in [0.25, 0.3) is 0 Å². The number of aliphatic carboxylic acids is 1. The Morgan fingerprint density at radius 1 is 1.31 bits per heavy atom. The van der Waals surface area contributed by atoms with E-state index in [0.29, 0.717) is 6.42 Å². The molecule has 0 amide bonds. The van der Waals surface area contributed by atoms with Gasteiger partial charge in [0.15, 0.2) is 0 Å². The van der Waals surface area contributed by atoms with Gasteiger partial charge in [0.2, 0.25) is 0 Å². The summed E-state index contributed by atoms with van der Waals surface area (Å²) >= 11 is 0. The first kappa shape index (κ1) is 15.7. The van der Waals surface area contributed by atoms with Gasteiger partial charge in [-0.25, -0.2) is 4.79 Å². The summed E-state index contributed by atoms with van der Waals surface area (Å²) in [6.45, 7) is 0. The average molecular weight is 279 g/mol. The number of carboxylic acids is 1. The number of hydrogen-bond donors (Lipinski definition) is 1. The zero-order valence-corrected chi connectivity index (χ0v) is 10.2. The van der Waals surface area contributed by atoms with Gasteiger partial charge < -0.3 is 22.1 Å². The second kappa shape index (κ2) is 7.63. The minimum Gasteiger partial charge on any atom is -1.00 e. The Bertz CT molecular complexity index is 155. The molecule has 0 aromatic rings. The molecule has 0 fully saturated rings. The maximum atomic E-state index is 12.4. The van der Waals surface area contributed by atoms with Gasteiger partial charge in [-0.2, -0.15) is 8.78 Å². The maximum Gasteiger partial charge on any atom is 0.374 e. The highest BCUT2D eigenvalue weighted by molar-refractivity contribution is 7.16. The Balaban J connectivity index is 0. The van der Waals surface area contributed by atoms with Gasteiger partial charge in [-0.05, 0) is 28.5 Å². The molecular formula is C7H14BrF2O2P. The van der Waals surface area contributed by atoms with Crippen LogP contribution in [-0.4, -0.2) is 23.2 Å². The van der Waals surface area contributed by atoms with Gasteiger partial charge in [-0.1, -0.05) is 0 Å². The molecule has 0 heterocycles. The van der Waals surface area contributed by atoms with Crippen LogP contribution >= 0.6 is 9.24 Å². The Kier molecular flexibility index (Phi) is 9.21. The van der Waals surface area contributed by atoms with Crippen molar-refractivity contribution in [2.45, 2.75) is 31.6 Å². The first-order valence-corrected chi connectivity index (χ1v) is 4.91. The fourth-order valence-corrected chi connectivity index (χ4v) is 1.16. The zero-order chi connectivity index (χ0) is 9.61. The molecule has 1 atom stereocenters. The number of rotatable bonds is 6. The number of halogens is 3. The predicted octanol–water partition coefficient (Wildman–Crippen LogP) is -1.12. The van der Waals surface area contributed by atoms with Crippen LogP contribution in [-0.2, 0) is 4.79 Å². The Hall–Kier alpha value is 0.240. The fourth-order valence-electron chi connectivity index (χ4n) is 0.808. The van der Waals surface area contributed by atoms with Gasteiger partial charge in [0.05, 0.1) is 6.16 Å². The molecule has 13 heavy (non-hydrogen) atoms. The lowest BCUT2D eigenvalue weighted by molar-refractivity contribution is -0.165. The standard InChI is InChI=1S/C7H13F2O2P.BrH/c8-7(9,6(10)11)4-2-1-3-5-12;/h1-5,12H2,(H,10,11);1H. The van der Waals surface area contributed by atoms with E-state index in [0.717, 1.165) is 12.6 Å². The monoisotopic (exact) mass is 278 g/mol. The number of unbranched alkanes of at least 4 members (excludes halogenated alkanes) is 2. The number of carboxylic acid groups (broad SMARTS) is 1. The second-order valence-electron chi connectivity index (χ2n) is 2.67. The molecule has 0 spiro atoms. The third kappa shape index (κ3) is 7.32. The summed E-state index contributed by atoms with van der Waals surface area (Å²) < 4.78 is 24.8. The largest absolute Gasteiger partial charge is 1.00 e. The van der Waals surface area contributed by atoms with Crippen LogP contribution < -0.4 is 17.0 Å². The normalized spacial score (nSPS) is 10.9. The van der Waals surface area contributed by atoms with Gasteiger partial charge in [-0.15, -0.1) is 0 Å². The number of carbonyl (C=O) groups is 1. The molecule has 0 aliphatic heterocycles. The lowest BCUT2D eigenvalue weighted by Gasteiger charge is -2.09. The minimum atomic E-state index is -3.53. The van der Waals surface area contributed by atoms with Crippen molar-refractivity contribution in [3.8, 4) is 0 Å². The van der Waals surface area contributed by atoms with E-state index in [9.17, 15) is 13.6 Å². The summed E-state index contributed by atoms with van der Waals surface area (Å²) in [5.41, 5.74) is 0. The van der Waals surface area contributed by atoms with E-state index in [1.165, 1.54) is 0 Å². The Morgan fingerprint density at radius 3 is 2.23 bits per heavy atom. The van der Waals surface area contributed by atoms with Crippen LogP contribution in [0.2, 0.25) is 0 Å².